The molecule has 19 heavy (non-hydrogen) atoms. The fourth-order valence-electron chi connectivity index (χ4n) is 1.85. The van der Waals surface area contributed by atoms with Gasteiger partial charge in [-0.05, 0) is 42.0 Å². The van der Waals surface area contributed by atoms with Crippen molar-refractivity contribution in [1.29, 1.82) is 0 Å². The van der Waals surface area contributed by atoms with Crippen molar-refractivity contribution in [2.75, 3.05) is 13.8 Å². The maximum Gasteiger partial charge on any atom is 0.231 e. The van der Waals surface area contributed by atoms with Gasteiger partial charge in [0, 0.05) is 15.4 Å². The molecule has 2 aromatic rings. The van der Waals surface area contributed by atoms with Crippen LogP contribution in [0.5, 0.6) is 11.5 Å². The van der Waals surface area contributed by atoms with Crippen molar-refractivity contribution in [2.24, 2.45) is 0 Å². The molecule has 0 fully saturated rings. The summed E-state index contributed by atoms with van der Waals surface area (Å²) in [5.74, 6) is 1.55. The quantitative estimate of drug-likeness (QED) is 0.927. The van der Waals surface area contributed by atoms with Crippen LogP contribution < -0.4 is 14.8 Å². The van der Waals surface area contributed by atoms with Gasteiger partial charge in [0.25, 0.3) is 0 Å². The second-order valence-electron chi connectivity index (χ2n) is 4.27. The second kappa shape index (κ2) is 5.11. The molecule has 0 radical (unpaired) electrons. The Bertz CT molecular complexity index is 615. The zero-order chi connectivity index (χ0) is 13.4. The van der Waals surface area contributed by atoms with Crippen molar-refractivity contribution in [3.8, 4) is 22.8 Å². The molecule has 1 aliphatic heterocycles. The van der Waals surface area contributed by atoms with Crippen molar-refractivity contribution in [1.82, 2.24) is 10.3 Å². The smallest absolute Gasteiger partial charge is 0.231 e. The van der Waals surface area contributed by atoms with E-state index >= 15 is 0 Å². The predicted octanol–water partition coefficient (Wildman–Crippen LogP) is 3.58. The van der Waals surface area contributed by atoms with Gasteiger partial charge in [-0.25, -0.2) is 4.98 Å². The lowest BCUT2D eigenvalue weighted by molar-refractivity contribution is 0.174. The molecule has 1 atom stereocenters. The minimum Gasteiger partial charge on any atom is -0.454 e. The van der Waals surface area contributed by atoms with Gasteiger partial charge in [0.1, 0.15) is 5.01 Å². The average molecular weight is 341 g/mol. The highest BCUT2D eigenvalue weighted by atomic mass is 79.9. The standard InChI is InChI=1S/C13H13BrN2O2S/c1-7(15-2)13-16-10(5-19-13)8-3-11-12(4-9(8)14)18-6-17-11/h3-5,7,15H,6H2,1-2H3. The Morgan fingerprint density at radius 1 is 1.37 bits per heavy atom. The van der Waals surface area contributed by atoms with Crippen LogP contribution in [0.25, 0.3) is 11.3 Å². The number of aromatic nitrogens is 1. The van der Waals surface area contributed by atoms with Crippen molar-refractivity contribution in [3.05, 3.63) is 27.0 Å². The number of rotatable bonds is 3. The lowest BCUT2D eigenvalue weighted by Gasteiger charge is -2.06. The normalized spacial score (nSPS) is 14.7. The lowest BCUT2D eigenvalue weighted by atomic mass is 10.1. The molecule has 1 aromatic heterocycles. The van der Waals surface area contributed by atoms with E-state index in [2.05, 4.69) is 38.5 Å². The van der Waals surface area contributed by atoms with E-state index in [1.165, 1.54) is 0 Å². The van der Waals surface area contributed by atoms with Crippen LogP contribution >= 0.6 is 27.3 Å². The van der Waals surface area contributed by atoms with E-state index in [1.54, 1.807) is 11.3 Å². The fraction of sp³-hybridized carbons (Fsp3) is 0.308. The topological polar surface area (TPSA) is 43.4 Å². The average Bonchev–Trinajstić information content (AvgIpc) is 3.04. The largest absolute Gasteiger partial charge is 0.454 e. The first kappa shape index (κ1) is 12.9. The fourth-order valence-corrected chi connectivity index (χ4v) is 3.26. The Hall–Kier alpha value is -1.11. The third-order valence-electron chi connectivity index (χ3n) is 3.06. The predicted molar refractivity (Wildman–Crippen MR) is 78.8 cm³/mol. The number of nitrogens with one attached hydrogen (secondary N) is 1. The van der Waals surface area contributed by atoms with Crippen molar-refractivity contribution >= 4 is 27.3 Å². The van der Waals surface area contributed by atoms with E-state index in [-0.39, 0.29) is 12.8 Å². The Labute approximate surface area is 123 Å². The Morgan fingerprint density at radius 2 is 2.11 bits per heavy atom. The molecule has 0 aliphatic carbocycles. The third kappa shape index (κ3) is 2.35. The van der Waals surface area contributed by atoms with Gasteiger partial charge < -0.3 is 14.8 Å². The molecule has 1 unspecified atom stereocenters. The summed E-state index contributed by atoms with van der Waals surface area (Å²) in [4.78, 5) is 4.67. The van der Waals surface area contributed by atoms with E-state index in [1.807, 2.05) is 19.2 Å². The number of nitrogens with zero attached hydrogens (tertiary/aromatic N) is 1. The van der Waals surface area contributed by atoms with Gasteiger partial charge in [-0.2, -0.15) is 0 Å². The highest BCUT2D eigenvalue weighted by molar-refractivity contribution is 9.10. The van der Waals surface area contributed by atoms with Gasteiger partial charge in [0.15, 0.2) is 11.5 Å². The molecule has 1 aromatic carbocycles. The molecule has 1 aliphatic rings. The number of ether oxygens (including phenoxy) is 2. The zero-order valence-electron chi connectivity index (χ0n) is 10.6. The summed E-state index contributed by atoms with van der Waals surface area (Å²) in [7, 11) is 1.93. The molecule has 0 amide bonds. The molecule has 0 saturated carbocycles. The van der Waals surface area contributed by atoms with Crippen LogP contribution in [0.2, 0.25) is 0 Å². The first-order chi connectivity index (χ1) is 9.19. The van der Waals surface area contributed by atoms with Crippen LogP contribution in [-0.4, -0.2) is 18.8 Å². The Kier molecular flexibility index (Phi) is 3.47. The molecule has 100 valence electrons. The zero-order valence-corrected chi connectivity index (χ0v) is 13.0. The van der Waals surface area contributed by atoms with Crippen LogP contribution in [0, 0.1) is 0 Å². The van der Waals surface area contributed by atoms with Gasteiger partial charge in [0.2, 0.25) is 6.79 Å². The monoisotopic (exact) mass is 340 g/mol. The van der Waals surface area contributed by atoms with E-state index in [4.69, 9.17) is 9.47 Å². The molecule has 3 rings (SSSR count). The van der Waals surface area contributed by atoms with Crippen LogP contribution in [0.15, 0.2) is 22.0 Å². The van der Waals surface area contributed by atoms with Gasteiger partial charge in [-0.15, -0.1) is 11.3 Å². The maximum absolute atomic E-state index is 5.41. The van der Waals surface area contributed by atoms with E-state index in [0.717, 1.165) is 32.2 Å². The number of hydrogen-bond acceptors (Lipinski definition) is 5. The molecule has 4 nitrogen and oxygen atoms in total. The van der Waals surface area contributed by atoms with Crippen LogP contribution in [-0.2, 0) is 0 Å². The van der Waals surface area contributed by atoms with Crippen molar-refractivity contribution < 1.29 is 9.47 Å². The van der Waals surface area contributed by atoms with Gasteiger partial charge in [-0.1, -0.05) is 0 Å². The number of thiazole rings is 1. The molecular weight excluding hydrogens is 328 g/mol. The molecule has 0 bridgehead atoms. The van der Waals surface area contributed by atoms with Gasteiger partial charge in [0.05, 0.1) is 11.7 Å². The number of hydrogen-bond donors (Lipinski definition) is 1. The summed E-state index contributed by atoms with van der Waals surface area (Å²) in [5, 5.41) is 6.33. The molecule has 1 N–H and O–H groups in total. The first-order valence-electron chi connectivity index (χ1n) is 5.91. The summed E-state index contributed by atoms with van der Waals surface area (Å²) < 4.78 is 11.7. The van der Waals surface area contributed by atoms with Crippen molar-refractivity contribution in [2.45, 2.75) is 13.0 Å². The SMILES string of the molecule is CNC(C)c1nc(-c2cc3c(cc2Br)OCO3)cs1. The summed E-state index contributed by atoms with van der Waals surface area (Å²) in [6, 6.07) is 4.15. The minimum absolute atomic E-state index is 0.256. The van der Waals surface area contributed by atoms with Crippen LogP contribution in [0.1, 0.15) is 18.0 Å². The van der Waals surface area contributed by atoms with Gasteiger partial charge >= 0.3 is 0 Å². The molecule has 0 saturated heterocycles. The second-order valence-corrected chi connectivity index (χ2v) is 6.01. The molecule has 6 heteroatoms. The number of fused-ring (bicyclic) bond motifs is 1. The summed E-state index contributed by atoms with van der Waals surface area (Å²) in [6.45, 7) is 2.38. The number of halogens is 1. The lowest BCUT2D eigenvalue weighted by Crippen LogP contribution is -2.11. The highest BCUT2D eigenvalue weighted by Crippen LogP contribution is 2.41. The van der Waals surface area contributed by atoms with Crippen LogP contribution in [0.3, 0.4) is 0 Å². The highest BCUT2D eigenvalue weighted by Gasteiger charge is 2.19. The van der Waals surface area contributed by atoms with Crippen LogP contribution in [0.4, 0.5) is 0 Å². The summed E-state index contributed by atoms with van der Waals surface area (Å²) >= 11 is 5.22. The Balaban J connectivity index is 2.00. The summed E-state index contributed by atoms with van der Waals surface area (Å²) in [6.07, 6.45) is 0. The maximum atomic E-state index is 5.41. The number of benzene rings is 1. The summed E-state index contributed by atoms with van der Waals surface area (Å²) in [5.41, 5.74) is 1.97. The van der Waals surface area contributed by atoms with E-state index < -0.39 is 0 Å². The molecule has 0 spiro atoms. The minimum atomic E-state index is 0.256. The van der Waals surface area contributed by atoms with E-state index in [9.17, 15) is 0 Å². The van der Waals surface area contributed by atoms with Crippen molar-refractivity contribution in [3.63, 3.8) is 0 Å². The third-order valence-corrected chi connectivity index (χ3v) is 4.75. The molecule has 2 heterocycles. The van der Waals surface area contributed by atoms with E-state index in [0.29, 0.717) is 0 Å². The Morgan fingerprint density at radius 3 is 2.84 bits per heavy atom. The first-order valence-corrected chi connectivity index (χ1v) is 7.58. The van der Waals surface area contributed by atoms with Gasteiger partial charge in [-0.3, -0.25) is 0 Å². The molecular formula is C13H13BrN2O2S.